The van der Waals surface area contributed by atoms with Crippen LogP contribution >= 0.6 is 23.2 Å². The van der Waals surface area contributed by atoms with E-state index in [-0.39, 0.29) is 16.0 Å². The molecule has 0 radical (unpaired) electrons. The molecule has 0 fully saturated rings. The van der Waals surface area contributed by atoms with Crippen molar-refractivity contribution in [2.45, 2.75) is 0 Å². The molecule has 0 aliphatic rings. The molecular formula is C7H7Cl2N3O3S. The standard InChI is InChI=1S/C7H7Cl2N3O3S/c1-16(14,15)2-4(13)12-5-6(8)10-3-11-7(5)9/h3H,2H2,1H3,(H,12,13). The molecule has 1 aromatic heterocycles. The van der Waals surface area contributed by atoms with E-state index < -0.39 is 21.5 Å². The van der Waals surface area contributed by atoms with Gasteiger partial charge in [-0.2, -0.15) is 0 Å². The molecule has 1 aromatic rings. The topological polar surface area (TPSA) is 89.0 Å². The number of hydrogen-bond donors (Lipinski definition) is 1. The molecule has 9 heteroatoms. The summed E-state index contributed by atoms with van der Waals surface area (Å²) in [5, 5.41) is 2.12. The fourth-order valence-corrected chi connectivity index (χ4v) is 1.82. The highest BCUT2D eigenvalue weighted by Gasteiger charge is 2.15. The zero-order valence-electron chi connectivity index (χ0n) is 8.07. The Balaban J connectivity index is 2.86. The first kappa shape index (κ1) is 13.1. The molecule has 1 N–H and O–H groups in total. The van der Waals surface area contributed by atoms with E-state index in [4.69, 9.17) is 23.2 Å². The normalized spacial score (nSPS) is 11.2. The number of rotatable bonds is 3. The van der Waals surface area contributed by atoms with Crippen LogP contribution in [0.15, 0.2) is 6.33 Å². The first-order valence-electron chi connectivity index (χ1n) is 3.93. The van der Waals surface area contributed by atoms with Crippen LogP contribution < -0.4 is 5.32 Å². The molecule has 16 heavy (non-hydrogen) atoms. The van der Waals surface area contributed by atoms with Gasteiger partial charge in [-0.15, -0.1) is 0 Å². The second-order valence-corrected chi connectivity index (χ2v) is 5.80. The van der Waals surface area contributed by atoms with Gasteiger partial charge >= 0.3 is 0 Å². The van der Waals surface area contributed by atoms with Crippen LogP contribution in [0.4, 0.5) is 5.69 Å². The van der Waals surface area contributed by atoms with Gasteiger partial charge in [0.1, 0.15) is 17.8 Å². The van der Waals surface area contributed by atoms with Crippen LogP contribution in [0.1, 0.15) is 0 Å². The molecule has 0 bridgehead atoms. The molecule has 0 atom stereocenters. The zero-order valence-corrected chi connectivity index (χ0v) is 10.4. The van der Waals surface area contributed by atoms with Crippen LogP contribution in [-0.4, -0.2) is 36.3 Å². The largest absolute Gasteiger partial charge is 0.320 e. The van der Waals surface area contributed by atoms with Gasteiger partial charge in [0.15, 0.2) is 20.1 Å². The Kier molecular flexibility index (Phi) is 4.06. The van der Waals surface area contributed by atoms with Crippen molar-refractivity contribution < 1.29 is 13.2 Å². The Bertz CT molecular complexity index is 497. The maximum atomic E-state index is 11.3. The second-order valence-electron chi connectivity index (χ2n) is 2.95. The van der Waals surface area contributed by atoms with Crippen molar-refractivity contribution in [1.82, 2.24) is 9.97 Å². The summed E-state index contributed by atoms with van der Waals surface area (Å²) < 4.78 is 21.7. The molecule has 1 rings (SSSR count). The molecule has 0 unspecified atom stereocenters. The lowest BCUT2D eigenvalue weighted by molar-refractivity contribution is -0.113. The number of sulfone groups is 1. The summed E-state index contributed by atoms with van der Waals surface area (Å²) >= 11 is 11.3. The van der Waals surface area contributed by atoms with E-state index in [0.29, 0.717) is 0 Å². The highest BCUT2D eigenvalue weighted by atomic mass is 35.5. The number of nitrogens with zero attached hydrogens (tertiary/aromatic N) is 2. The minimum atomic E-state index is -3.41. The minimum Gasteiger partial charge on any atom is -0.320 e. The number of anilines is 1. The third-order valence-electron chi connectivity index (χ3n) is 1.41. The van der Waals surface area contributed by atoms with E-state index in [1.807, 2.05) is 0 Å². The average Bonchev–Trinajstić information content (AvgIpc) is 2.08. The number of amides is 1. The Labute approximate surface area is 102 Å². The molecule has 0 aromatic carbocycles. The quantitative estimate of drug-likeness (QED) is 0.828. The predicted molar refractivity (Wildman–Crippen MR) is 60.4 cm³/mol. The maximum absolute atomic E-state index is 11.3. The Morgan fingerprint density at radius 3 is 2.31 bits per heavy atom. The highest BCUT2D eigenvalue weighted by Crippen LogP contribution is 2.25. The van der Waals surface area contributed by atoms with E-state index in [1.165, 1.54) is 0 Å². The van der Waals surface area contributed by atoms with Gasteiger partial charge < -0.3 is 5.32 Å². The smallest absolute Gasteiger partial charge is 0.239 e. The molecule has 0 spiro atoms. The van der Waals surface area contributed by atoms with Crippen molar-refractivity contribution in [3.05, 3.63) is 16.6 Å². The summed E-state index contributed by atoms with van der Waals surface area (Å²) in [4.78, 5) is 18.5. The third kappa shape index (κ3) is 3.92. The van der Waals surface area contributed by atoms with Crippen LogP contribution in [0, 0.1) is 0 Å². The number of carbonyl (C=O) groups is 1. The minimum absolute atomic E-state index is 0.000478. The number of carbonyl (C=O) groups excluding carboxylic acids is 1. The van der Waals surface area contributed by atoms with E-state index in [9.17, 15) is 13.2 Å². The Hall–Kier alpha value is -0.920. The van der Waals surface area contributed by atoms with E-state index in [0.717, 1.165) is 12.6 Å². The van der Waals surface area contributed by atoms with Crippen molar-refractivity contribution in [2.75, 3.05) is 17.3 Å². The molecule has 0 aliphatic carbocycles. The molecule has 6 nitrogen and oxygen atoms in total. The average molecular weight is 284 g/mol. The number of halogens is 2. The summed E-state index contributed by atoms with van der Waals surface area (Å²) in [7, 11) is -3.41. The van der Waals surface area contributed by atoms with Crippen molar-refractivity contribution in [1.29, 1.82) is 0 Å². The zero-order chi connectivity index (χ0) is 12.3. The lowest BCUT2D eigenvalue weighted by Gasteiger charge is -2.06. The molecule has 0 saturated heterocycles. The summed E-state index contributed by atoms with van der Waals surface area (Å²) in [5.41, 5.74) is -0.000478. The Morgan fingerprint density at radius 2 is 1.88 bits per heavy atom. The molecular weight excluding hydrogens is 277 g/mol. The predicted octanol–water partition coefficient (Wildman–Crippen LogP) is 0.767. The number of nitrogens with one attached hydrogen (secondary N) is 1. The van der Waals surface area contributed by atoms with Crippen LogP contribution in [-0.2, 0) is 14.6 Å². The molecule has 0 aliphatic heterocycles. The van der Waals surface area contributed by atoms with E-state index in [2.05, 4.69) is 15.3 Å². The van der Waals surface area contributed by atoms with Crippen molar-refractivity contribution in [3.63, 3.8) is 0 Å². The van der Waals surface area contributed by atoms with Gasteiger partial charge in [0, 0.05) is 6.26 Å². The number of hydrogen-bond acceptors (Lipinski definition) is 5. The van der Waals surface area contributed by atoms with Crippen molar-refractivity contribution >= 4 is 44.6 Å². The summed E-state index contributed by atoms with van der Waals surface area (Å²) in [5.74, 6) is -1.41. The summed E-state index contributed by atoms with van der Waals surface area (Å²) in [6, 6.07) is 0. The van der Waals surface area contributed by atoms with Gasteiger partial charge in [-0.3, -0.25) is 4.79 Å². The monoisotopic (exact) mass is 283 g/mol. The van der Waals surface area contributed by atoms with Gasteiger partial charge in [0.05, 0.1) is 0 Å². The maximum Gasteiger partial charge on any atom is 0.239 e. The van der Waals surface area contributed by atoms with Gasteiger partial charge in [0.2, 0.25) is 5.91 Å². The third-order valence-corrected chi connectivity index (χ3v) is 2.77. The molecule has 88 valence electrons. The number of aromatic nitrogens is 2. The van der Waals surface area contributed by atoms with Crippen molar-refractivity contribution in [3.8, 4) is 0 Å². The lowest BCUT2D eigenvalue weighted by Crippen LogP contribution is -2.22. The first-order chi connectivity index (χ1) is 7.29. The van der Waals surface area contributed by atoms with Crippen LogP contribution in [0.5, 0.6) is 0 Å². The van der Waals surface area contributed by atoms with Gasteiger partial charge in [-0.05, 0) is 0 Å². The summed E-state index contributed by atoms with van der Waals surface area (Å²) in [6.45, 7) is 0. The van der Waals surface area contributed by atoms with Gasteiger partial charge in [-0.25, -0.2) is 18.4 Å². The van der Waals surface area contributed by atoms with Crippen LogP contribution in [0.2, 0.25) is 10.3 Å². The fourth-order valence-electron chi connectivity index (χ4n) is 0.861. The van der Waals surface area contributed by atoms with Gasteiger partial charge in [-0.1, -0.05) is 23.2 Å². The first-order valence-corrected chi connectivity index (χ1v) is 6.75. The van der Waals surface area contributed by atoms with E-state index >= 15 is 0 Å². The second kappa shape index (κ2) is 4.94. The van der Waals surface area contributed by atoms with Gasteiger partial charge in [0.25, 0.3) is 0 Å². The van der Waals surface area contributed by atoms with E-state index in [1.54, 1.807) is 0 Å². The summed E-state index contributed by atoms with van der Waals surface area (Å²) in [6.07, 6.45) is 2.06. The highest BCUT2D eigenvalue weighted by molar-refractivity contribution is 7.91. The molecule has 1 heterocycles. The molecule has 0 saturated carbocycles. The van der Waals surface area contributed by atoms with Crippen LogP contribution in [0.3, 0.4) is 0 Å². The lowest BCUT2D eigenvalue weighted by atomic mass is 10.5. The molecule has 1 amide bonds. The SMILES string of the molecule is CS(=O)(=O)CC(=O)Nc1c(Cl)ncnc1Cl. The Morgan fingerprint density at radius 1 is 1.38 bits per heavy atom. The van der Waals surface area contributed by atoms with Crippen LogP contribution in [0.25, 0.3) is 0 Å². The fraction of sp³-hybridized carbons (Fsp3) is 0.286. The van der Waals surface area contributed by atoms with Crippen molar-refractivity contribution in [2.24, 2.45) is 0 Å².